The summed E-state index contributed by atoms with van der Waals surface area (Å²) in [6.45, 7) is 1.01. The molecule has 1 heterocycles. The molecule has 24 heavy (non-hydrogen) atoms. The van der Waals surface area contributed by atoms with Crippen LogP contribution in [0.4, 0.5) is 0 Å². The fourth-order valence-corrected chi connectivity index (χ4v) is 2.58. The fourth-order valence-electron chi connectivity index (χ4n) is 2.58. The van der Waals surface area contributed by atoms with Crippen molar-refractivity contribution in [1.29, 1.82) is 0 Å². The van der Waals surface area contributed by atoms with E-state index in [1.165, 1.54) is 0 Å². The van der Waals surface area contributed by atoms with Gasteiger partial charge in [0.25, 0.3) is 0 Å². The molecule has 0 aliphatic carbocycles. The zero-order valence-corrected chi connectivity index (χ0v) is 13.4. The lowest BCUT2D eigenvalue weighted by molar-refractivity contribution is 0.112. The van der Waals surface area contributed by atoms with Crippen molar-refractivity contribution < 1.29 is 14.3 Å². The predicted molar refractivity (Wildman–Crippen MR) is 94.0 cm³/mol. The van der Waals surface area contributed by atoms with Crippen molar-refractivity contribution in [3.05, 3.63) is 59.8 Å². The Morgan fingerprint density at radius 1 is 1.17 bits per heavy atom. The maximum absolute atomic E-state index is 10.8. The number of carbonyl (C=O) groups is 1. The van der Waals surface area contributed by atoms with E-state index in [0.717, 1.165) is 34.2 Å². The van der Waals surface area contributed by atoms with Crippen molar-refractivity contribution in [1.82, 2.24) is 4.57 Å². The first kappa shape index (κ1) is 15.9. The van der Waals surface area contributed by atoms with E-state index >= 15 is 0 Å². The van der Waals surface area contributed by atoms with Crippen LogP contribution in [0.3, 0.4) is 0 Å². The minimum absolute atomic E-state index is 0.485. The molecule has 120 valence electrons. The van der Waals surface area contributed by atoms with Gasteiger partial charge in [-0.2, -0.15) is 0 Å². The molecule has 0 aliphatic rings. The van der Waals surface area contributed by atoms with Gasteiger partial charge in [-0.15, -0.1) is 6.42 Å². The summed E-state index contributed by atoms with van der Waals surface area (Å²) in [4.78, 5) is 10.8. The van der Waals surface area contributed by atoms with Crippen molar-refractivity contribution in [3.63, 3.8) is 0 Å². The molecule has 0 spiro atoms. The van der Waals surface area contributed by atoms with Gasteiger partial charge in [0.1, 0.15) is 18.6 Å². The molecular weight excluding hydrogens is 302 g/mol. The largest absolute Gasteiger partial charge is 0.491 e. The van der Waals surface area contributed by atoms with E-state index in [-0.39, 0.29) is 0 Å². The number of carbonyl (C=O) groups excluding carboxylic acids is 1. The monoisotopic (exact) mass is 319 g/mol. The maximum Gasteiger partial charge on any atom is 0.150 e. The molecule has 4 nitrogen and oxygen atoms in total. The number of methoxy groups -OCH3 is 1. The van der Waals surface area contributed by atoms with E-state index < -0.39 is 0 Å². The topological polar surface area (TPSA) is 40.5 Å². The molecule has 0 bridgehead atoms. The molecule has 4 heteroatoms. The van der Waals surface area contributed by atoms with Gasteiger partial charge in [-0.25, -0.2) is 0 Å². The number of aldehydes is 1. The highest BCUT2D eigenvalue weighted by atomic mass is 16.5. The molecule has 0 aliphatic heterocycles. The molecule has 0 unspecified atom stereocenters. The molecule has 0 amide bonds. The highest BCUT2D eigenvalue weighted by Crippen LogP contribution is 2.28. The second kappa shape index (κ2) is 7.03. The number of nitrogens with zero attached hydrogens (tertiary/aromatic N) is 1. The van der Waals surface area contributed by atoms with Crippen LogP contribution < -0.4 is 4.74 Å². The average molecular weight is 319 g/mol. The minimum Gasteiger partial charge on any atom is -0.491 e. The Kier molecular flexibility index (Phi) is 4.64. The van der Waals surface area contributed by atoms with Crippen molar-refractivity contribution in [2.24, 2.45) is 0 Å². The highest BCUT2D eigenvalue weighted by molar-refractivity contribution is 5.89. The van der Waals surface area contributed by atoms with Gasteiger partial charge in [0.2, 0.25) is 0 Å². The van der Waals surface area contributed by atoms with Crippen LogP contribution in [0.15, 0.2) is 48.7 Å². The molecule has 0 radical (unpaired) electrons. The summed E-state index contributed by atoms with van der Waals surface area (Å²) in [7, 11) is 1.64. The first-order valence-corrected chi connectivity index (χ1v) is 7.56. The Balaban J connectivity index is 2.06. The van der Waals surface area contributed by atoms with Crippen LogP contribution in [-0.4, -0.2) is 31.2 Å². The van der Waals surface area contributed by atoms with Gasteiger partial charge in [0.05, 0.1) is 17.7 Å². The van der Waals surface area contributed by atoms with E-state index in [2.05, 4.69) is 5.92 Å². The van der Waals surface area contributed by atoms with Crippen LogP contribution >= 0.6 is 0 Å². The lowest BCUT2D eigenvalue weighted by atomic mass is 10.2. The number of benzene rings is 2. The van der Waals surface area contributed by atoms with E-state index in [0.29, 0.717) is 18.8 Å². The molecule has 0 saturated heterocycles. The predicted octanol–water partition coefficient (Wildman–Crippen LogP) is 3.45. The van der Waals surface area contributed by atoms with Gasteiger partial charge in [0, 0.05) is 36.0 Å². The van der Waals surface area contributed by atoms with Gasteiger partial charge in [-0.3, -0.25) is 4.79 Å². The lowest BCUT2D eigenvalue weighted by Crippen LogP contribution is -2.04. The van der Waals surface area contributed by atoms with E-state index in [9.17, 15) is 4.79 Å². The number of hydrogen-bond acceptors (Lipinski definition) is 3. The molecule has 2 aromatic carbocycles. The number of terminal acetylenes is 1. The number of rotatable bonds is 6. The Morgan fingerprint density at radius 2 is 1.96 bits per heavy atom. The first-order valence-electron chi connectivity index (χ1n) is 7.56. The van der Waals surface area contributed by atoms with E-state index in [1.807, 2.05) is 41.1 Å². The van der Waals surface area contributed by atoms with Crippen molar-refractivity contribution in [2.75, 3.05) is 20.3 Å². The van der Waals surface area contributed by atoms with Gasteiger partial charge < -0.3 is 14.0 Å². The summed E-state index contributed by atoms with van der Waals surface area (Å²) in [5, 5.41) is 0.982. The summed E-state index contributed by atoms with van der Waals surface area (Å²) < 4.78 is 12.7. The summed E-state index contributed by atoms with van der Waals surface area (Å²) in [5.41, 5.74) is 3.33. The fraction of sp³-hybridized carbons (Fsp3) is 0.150. The third kappa shape index (κ3) is 3.03. The summed E-state index contributed by atoms with van der Waals surface area (Å²) in [6, 6.07) is 13.2. The van der Waals surface area contributed by atoms with Crippen molar-refractivity contribution in [3.8, 4) is 23.8 Å². The number of fused-ring (bicyclic) bond motifs is 1. The Bertz CT molecular complexity index is 901. The maximum atomic E-state index is 10.8. The standard InChI is InChI=1S/C20H17NO3/c1-3-16-13-21(17-6-4-15(14-22)5-7-17)20-12-18(8-9-19(16)20)24-11-10-23-2/h1,4-9,12-14H,10-11H2,2H3. The SMILES string of the molecule is C#Cc1cn(-c2ccc(C=O)cc2)c2cc(OCCOC)ccc12. The molecule has 3 rings (SSSR count). The highest BCUT2D eigenvalue weighted by Gasteiger charge is 2.10. The smallest absolute Gasteiger partial charge is 0.150 e. The zero-order chi connectivity index (χ0) is 16.9. The molecule has 0 fully saturated rings. The van der Waals surface area contributed by atoms with Gasteiger partial charge in [0.15, 0.2) is 0 Å². The molecule has 0 saturated carbocycles. The van der Waals surface area contributed by atoms with Crippen LogP contribution in [0.2, 0.25) is 0 Å². The van der Waals surface area contributed by atoms with Gasteiger partial charge in [-0.05, 0) is 36.4 Å². The van der Waals surface area contributed by atoms with Crippen molar-refractivity contribution in [2.45, 2.75) is 0 Å². The first-order chi connectivity index (χ1) is 11.8. The van der Waals surface area contributed by atoms with Crippen molar-refractivity contribution >= 4 is 17.2 Å². The normalized spacial score (nSPS) is 10.5. The molecular formula is C20H17NO3. The number of hydrogen-bond donors (Lipinski definition) is 0. The lowest BCUT2D eigenvalue weighted by Gasteiger charge is -2.08. The summed E-state index contributed by atoms with van der Waals surface area (Å²) in [5.74, 6) is 3.47. The third-order valence-electron chi connectivity index (χ3n) is 3.80. The number of ether oxygens (including phenoxy) is 2. The second-order valence-corrected chi connectivity index (χ2v) is 5.29. The third-order valence-corrected chi connectivity index (χ3v) is 3.80. The Hall–Kier alpha value is -3.03. The molecule has 0 atom stereocenters. The van der Waals surface area contributed by atoms with Crippen LogP contribution in [0, 0.1) is 12.3 Å². The van der Waals surface area contributed by atoms with Gasteiger partial charge in [-0.1, -0.05) is 5.92 Å². The van der Waals surface area contributed by atoms with Crippen LogP contribution in [0.1, 0.15) is 15.9 Å². The quantitative estimate of drug-likeness (QED) is 0.397. The molecule has 1 aromatic heterocycles. The minimum atomic E-state index is 0.485. The van der Waals surface area contributed by atoms with Crippen LogP contribution in [-0.2, 0) is 4.74 Å². The van der Waals surface area contributed by atoms with Crippen LogP contribution in [0.25, 0.3) is 16.6 Å². The average Bonchev–Trinajstić information content (AvgIpc) is 3.00. The summed E-state index contributed by atoms with van der Waals surface area (Å²) >= 11 is 0. The van der Waals surface area contributed by atoms with E-state index in [4.69, 9.17) is 15.9 Å². The number of aromatic nitrogens is 1. The Labute approximate surface area is 140 Å². The van der Waals surface area contributed by atoms with E-state index in [1.54, 1.807) is 19.2 Å². The van der Waals surface area contributed by atoms with Gasteiger partial charge >= 0.3 is 0 Å². The molecule has 0 N–H and O–H groups in total. The Morgan fingerprint density at radius 3 is 2.62 bits per heavy atom. The second-order valence-electron chi connectivity index (χ2n) is 5.29. The summed E-state index contributed by atoms with van der Waals surface area (Å²) in [6.07, 6.45) is 8.37. The van der Waals surface area contributed by atoms with Crippen LogP contribution in [0.5, 0.6) is 5.75 Å². The zero-order valence-electron chi connectivity index (χ0n) is 13.4. The molecule has 3 aromatic rings.